The Balaban J connectivity index is 0.00000386. The van der Waals surface area contributed by atoms with E-state index >= 15 is 0 Å². The monoisotopic (exact) mass is 646 g/mol. The number of amides is 2. The van der Waals surface area contributed by atoms with Crippen molar-refractivity contribution in [3.05, 3.63) is 75.5 Å². The molecule has 47 heavy (non-hydrogen) atoms. The van der Waals surface area contributed by atoms with E-state index in [1.807, 2.05) is 17.0 Å². The minimum atomic E-state index is -0.580. The molecule has 1 aromatic heterocycles. The number of nitrogens with one attached hydrogen (secondary N) is 1. The molecule has 3 aromatic rings. The molecule has 5 fully saturated rings. The van der Waals surface area contributed by atoms with Crippen LogP contribution in [0.25, 0.3) is 10.8 Å². The van der Waals surface area contributed by atoms with Crippen molar-refractivity contribution in [2.24, 2.45) is 11.7 Å². The fourth-order valence-corrected chi connectivity index (χ4v) is 7.80. The normalized spacial score (nSPS) is 25.1. The molecule has 1 saturated carbocycles. The molecule has 5 heterocycles. The Morgan fingerprint density at radius 2 is 1.64 bits per heavy atom. The van der Waals surface area contributed by atoms with E-state index in [4.69, 9.17) is 10.5 Å². The summed E-state index contributed by atoms with van der Waals surface area (Å²) in [6.45, 7) is 5.23. The molecule has 0 atom stereocenters. The van der Waals surface area contributed by atoms with Crippen molar-refractivity contribution in [3.8, 4) is 0 Å². The molecule has 5 aliphatic rings. The zero-order valence-electron chi connectivity index (χ0n) is 26.3. The summed E-state index contributed by atoms with van der Waals surface area (Å²) in [6, 6.07) is 11.7. The smallest absolute Gasteiger partial charge is 0.272 e. The van der Waals surface area contributed by atoms with Crippen molar-refractivity contribution in [1.29, 1.82) is 0 Å². The number of hydrogen-bond donors (Lipinski definition) is 2. The van der Waals surface area contributed by atoms with Crippen molar-refractivity contribution in [1.82, 2.24) is 24.9 Å². The number of piperazine rings is 1. The van der Waals surface area contributed by atoms with Crippen molar-refractivity contribution in [2.75, 3.05) is 52.4 Å². The van der Waals surface area contributed by atoms with Crippen molar-refractivity contribution < 1.29 is 18.7 Å². The molecule has 3 N–H and O–H groups in total. The van der Waals surface area contributed by atoms with E-state index in [9.17, 15) is 18.8 Å². The second-order valence-electron chi connectivity index (χ2n) is 14.0. The van der Waals surface area contributed by atoms with E-state index in [2.05, 4.69) is 15.1 Å². The Morgan fingerprint density at radius 3 is 2.32 bits per heavy atom. The molecule has 4 aliphatic heterocycles. The van der Waals surface area contributed by atoms with E-state index in [1.54, 1.807) is 29.2 Å². The molecule has 10 nitrogen and oxygen atoms in total. The lowest BCUT2D eigenvalue weighted by molar-refractivity contribution is -0.164. The van der Waals surface area contributed by atoms with E-state index < -0.39 is 5.82 Å². The van der Waals surface area contributed by atoms with Gasteiger partial charge in [0.1, 0.15) is 5.82 Å². The number of carbonyl (C=O) groups is 2. The second-order valence-corrected chi connectivity index (χ2v) is 14.0. The molecule has 0 unspecified atom stereocenters. The maximum absolute atomic E-state index is 14.9. The second kappa shape index (κ2) is 13.4. The van der Waals surface area contributed by atoms with Crippen LogP contribution in [0.4, 0.5) is 4.39 Å². The van der Waals surface area contributed by atoms with Crippen LogP contribution in [0, 0.1) is 11.7 Å². The standard InChI is InChI=1S/C35H43FN6O4.CH4/c36-29-6-5-25(20-30-26-3-1-2-4-27(26)32(44)39-38-30)19-28(29)33(45)42-17-15-41(16-18-42)31(43)21-24-7-13-40(14-8-24)22-35-11-9-34(37,10-12-35)23-46-35;/h1-6,19,24H,7-18,20-23,37H2,(H,39,44);1H4. The zero-order valence-corrected chi connectivity index (χ0v) is 26.3. The summed E-state index contributed by atoms with van der Waals surface area (Å²) in [5.41, 5.74) is 7.34. The Hall–Kier alpha value is -3.67. The highest BCUT2D eigenvalue weighted by molar-refractivity contribution is 5.95. The molecular formula is C36H47FN6O4. The summed E-state index contributed by atoms with van der Waals surface area (Å²) in [5.74, 6) is -0.458. The Bertz CT molecular complexity index is 1650. The first kappa shape index (κ1) is 33.2. The van der Waals surface area contributed by atoms with Crippen LogP contribution in [-0.2, 0) is 16.0 Å². The fourth-order valence-electron chi connectivity index (χ4n) is 7.80. The third kappa shape index (κ3) is 6.98. The number of hydrogen-bond acceptors (Lipinski definition) is 7. The first-order chi connectivity index (χ1) is 22.2. The first-order valence-corrected chi connectivity index (χ1v) is 16.7. The lowest BCUT2D eigenvalue weighted by atomic mass is 9.71. The zero-order chi connectivity index (χ0) is 31.9. The van der Waals surface area contributed by atoms with Gasteiger partial charge in [0, 0.05) is 56.5 Å². The third-order valence-corrected chi connectivity index (χ3v) is 10.8. The van der Waals surface area contributed by atoms with Crippen LogP contribution < -0.4 is 11.3 Å². The number of H-pyrrole nitrogens is 1. The summed E-state index contributed by atoms with van der Waals surface area (Å²) in [4.78, 5) is 44.8. The number of rotatable bonds is 7. The predicted octanol–water partition coefficient (Wildman–Crippen LogP) is 3.72. The highest BCUT2D eigenvalue weighted by Crippen LogP contribution is 2.43. The van der Waals surface area contributed by atoms with Gasteiger partial charge in [0.2, 0.25) is 5.91 Å². The number of piperidine rings is 1. The Kier molecular flexibility index (Phi) is 9.51. The number of likely N-dealkylation sites (tertiary alicyclic amines) is 1. The van der Waals surface area contributed by atoms with Gasteiger partial charge in [0.05, 0.1) is 28.9 Å². The van der Waals surface area contributed by atoms with Crippen LogP contribution in [0.15, 0.2) is 47.3 Å². The summed E-state index contributed by atoms with van der Waals surface area (Å²) < 4.78 is 21.2. The van der Waals surface area contributed by atoms with Gasteiger partial charge < -0.3 is 25.2 Å². The minimum absolute atomic E-state index is 0. The average Bonchev–Trinajstić information content (AvgIpc) is 3.08. The SMILES string of the molecule is C.NC12CCC(CN3CCC(CC(=O)N4CCN(C(=O)c5cc(Cc6n[nH]c(=O)c7ccccc67)ccc5F)CC4)CC3)(CC1)OC2. The minimum Gasteiger partial charge on any atom is -0.372 e. The number of benzene rings is 2. The van der Waals surface area contributed by atoms with E-state index in [-0.39, 0.29) is 41.5 Å². The van der Waals surface area contributed by atoms with Gasteiger partial charge >= 0.3 is 0 Å². The summed E-state index contributed by atoms with van der Waals surface area (Å²) in [6.07, 6.45) is 7.05. The van der Waals surface area contributed by atoms with Crippen molar-refractivity contribution >= 4 is 22.6 Å². The largest absolute Gasteiger partial charge is 0.372 e. The lowest BCUT2D eigenvalue weighted by Crippen LogP contribution is -2.63. The van der Waals surface area contributed by atoms with Crippen LogP contribution in [0.5, 0.6) is 0 Å². The molecule has 1 aliphatic carbocycles. The Morgan fingerprint density at radius 1 is 0.957 bits per heavy atom. The predicted molar refractivity (Wildman–Crippen MR) is 179 cm³/mol. The molecule has 11 heteroatoms. The number of fused-ring (bicyclic) bond motifs is 4. The van der Waals surface area contributed by atoms with Crippen molar-refractivity contribution in [2.45, 2.75) is 69.9 Å². The number of carbonyl (C=O) groups excluding carboxylic acids is 2. The fraction of sp³-hybridized carbons (Fsp3) is 0.556. The summed E-state index contributed by atoms with van der Waals surface area (Å²) in [5, 5.41) is 8.00. The molecule has 0 radical (unpaired) electrons. The number of aromatic amines is 1. The maximum Gasteiger partial charge on any atom is 0.272 e. The molecule has 2 amide bonds. The van der Waals surface area contributed by atoms with Gasteiger partial charge in [-0.05, 0) is 81.3 Å². The molecule has 2 bridgehead atoms. The van der Waals surface area contributed by atoms with Crippen LogP contribution >= 0.6 is 0 Å². The van der Waals surface area contributed by atoms with Gasteiger partial charge in [-0.2, -0.15) is 5.10 Å². The number of aromatic nitrogens is 2. The van der Waals surface area contributed by atoms with Gasteiger partial charge in [-0.3, -0.25) is 14.4 Å². The third-order valence-electron chi connectivity index (χ3n) is 10.8. The highest BCUT2D eigenvalue weighted by Gasteiger charge is 2.48. The van der Waals surface area contributed by atoms with Gasteiger partial charge in [-0.15, -0.1) is 0 Å². The molecular weight excluding hydrogens is 599 g/mol. The molecule has 252 valence electrons. The topological polar surface area (TPSA) is 125 Å². The van der Waals surface area contributed by atoms with E-state index in [1.165, 1.54) is 6.07 Å². The highest BCUT2D eigenvalue weighted by atomic mass is 19.1. The van der Waals surface area contributed by atoms with Gasteiger partial charge in [-0.25, -0.2) is 9.49 Å². The number of nitrogens with two attached hydrogens (primary N) is 1. The number of halogens is 1. The van der Waals surface area contributed by atoms with Crippen LogP contribution in [0.1, 0.15) is 74.0 Å². The summed E-state index contributed by atoms with van der Waals surface area (Å²) >= 11 is 0. The van der Waals surface area contributed by atoms with Crippen LogP contribution in [0.2, 0.25) is 0 Å². The van der Waals surface area contributed by atoms with Gasteiger partial charge in [0.25, 0.3) is 11.5 Å². The van der Waals surface area contributed by atoms with Crippen molar-refractivity contribution in [3.63, 3.8) is 0 Å². The number of nitrogens with zero attached hydrogens (tertiary/aromatic N) is 4. The van der Waals surface area contributed by atoms with Gasteiger partial charge in [0.15, 0.2) is 0 Å². The molecule has 4 saturated heterocycles. The van der Waals surface area contributed by atoms with E-state index in [0.717, 1.165) is 69.1 Å². The Labute approximate surface area is 275 Å². The van der Waals surface area contributed by atoms with Crippen LogP contribution in [0.3, 0.4) is 0 Å². The summed E-state index contributed by atoms with van der Waals surface area (Å²) in [7, 11) is 0. The molecule has 8 rings (SSSR count). The molecule has 0 spiro atoms. The van der Waals surface area contributed by atoms with E-state index in [0.29, 0.717) is 62.6 Å². The number of ether oxygens (including phenoxy) is 1. The first-order valence-electron chi connectivity index (χ1n) is 16.7. The average molecular weight is 647 g/mol. The quantitative estimate of drug-likeness (QED) is 0.401. The maximum atomic E-state index is 14.9. The van der Waals surface area contributed by atoms with Crippen LogP contribution in [-0.4, -0.2) is 100 Å². The molecule has 2 aromatic carbocycles. The van der Waals surface area contributed by atoms with Gasteiger partial charge in [-0.1, -0.05) is 31.7 Å². The lowest BCUT2D eigenvalue weighted by Gasteiger charge is -2.53.